The number of benzene rings is 3. The molecule has 0 bridgehead atoms. The minimum absolute atomic E-state index is 0.102. The first-order valence-corrected chi connectivity index (χ1v) is 9.28. The van der Waals surface area contributed by atoms with Crippen molar-refractivity contribution in [3.05, 3.63) is 99.4 Å². The molecule has 0 saturated carbocycles. The van der Waals surface area contributed by atoms with Crippen molar-refractivity contribution in [3.8, 4) is 11.1 Å². The van der Waals surface area contributed by atoms with Crippen LogP contribution in [-0.4, -0.2) is 10.5 Å². The molecule has 29 heavy (non-hydrogen) atoms. The number of pyridine rings is 1. The van der Waals surface area contributed by atoms with Gasteiger partial charge in [-0.3, -0.25) is 9.59 Å². The Hall–Kier alpha value is -3.44. The summed E-state index contributed by atoms with van der Waals surface area (Å²) in [5, 5.41) is 3.78. The summed E-state index contributed by atoms with van der Waals surface area (Å²) in [6.45, 7) is 0. The number of hydrogen-bond acceptors (Lipinski definition) is 2. The van der Waals surface area contributed by atoms with Crippen LogP contribution in [0.3, 0.4) is 0 Å². The van der Waals surface area contributed by atoms with E-state index in [-0.39, 0.29) is 16.8 Å². The highest BCUT2D eigenvalue weighted by Gasteiger charge is 2.20. The zero-order valence-corrected chi connectivity index (χ0v) is 16.2. The van der Waals surface area contributed by atoms with Crippen molar-refractivity contribution in [3.63, 3.8) is 0 Å². The van der Waals surface area contributed by atoms with Crippen LogP contribution in [0.25, 0.3) is 22.0 Å². The number of nitrogens with zero attached hydrogens (tertiary/aromatic N) is 1. The first kappa shape index (κ1) is 18.9. The number of carbonyl (C=O) groups excluding carboxylic acids is 1. The monoisotopic (exact) mass is 406 g/mol. The van der Waals surface area contributed by atoms with Crippen LogP contribution in [0.4, 0.5) is 10.2 Å². The van der Waals surface area contributed by atoms with Crippen molar-refractivity contribution in [2.45, 2.75) is 0 Å². The maximum Gasteiger partial charge on any atom is 0.259 e. The third-order valence-electron chi connectivity index (χ3n) is 4.79. The minimum Gasteiger partial charge on any atom is -0.330 e. The van der Waals surface area contributed by atoms with E-state index in [1.54, 1.807) is 60.1 Å². The third kappa shape index (κ3) is 3.41. The van der Waals surface area contributed by atoms with Crippen LogP contribution in [0.2, 0.25) is 5.02 Å². The molecule has 4 nitrogen and oxygen atoms in total. The number of nitrogens with one attached hydrogen (secondary N) is 1. The zero-order chi connectivity index (χ0) is 20.5. The summed E-state index contributed by atoms with van der Waals surface area (Å²) in [6.07, 6.45) is 0. The van der Waals surface area contributed by atoms with E-state index in [0.717, 1.165) is 0 Å². The lowest BCUT2D eigenvalue weighted by molar-refractivity contribution is 0.102. The van der Waals surface area contributed by atoms with E-state index in [1.165, 1.54) is 18.2 Å². The molecule has 0 radical (unpaired) electrons. The first-order chi connectivity index (χ1) is 14.0. The van der Waals surface area contributed by atoms with Gasteiger partial charge in [0.15, 0.2) is 5.43 Å². The normalized spacial score (nSPS) is 10.9. The Bertz CT molecular complexity index is 1300. The Balaban J connectivity index is 1.96. The predicted molar refractivity (Wildman–Crippen MR) is 114 cm³/mol. The highest BCUT2D eigenvalue weighted by atomic mass is 35.5. The molecule has 0 fully saturated rings. The first-order valence-electron chi connectivity index (χ1n) is 8.91. The number of fused-ring (bicyclic) bond motifs is 1. The summed E-state index contributed by atoms with van der Waals surface area (Å²) in [7, 11) is 1.75. The number of para-hydroxylation sites is 1. The fourth-order valence-corrected chi connectivity index (χ4v) is 3.47. The summed E-state index contributed by atoms with van der Waals surface area (Å²) in [4.78, 5) is 26.1. The summed E-state index contributed by atoms with van der Waals surface area (Å²) >= 11 is 5.99. The molecule has 0 unspecified atom stereocenters. The van der Waals surface area contributed by atoms with Crippen LogP contribution < -0.4 is 10.7 Å². The summed E-state index contributed by atoms with van der Waals surface area (Å²) in [5.74, 6) is -0.989. The van der Waals surface area contributed by atoms with E-state index in [9.17, 15) is 14.0 Å². The van der Waals surface area contributed by atoms with Crippen LogP contribution in [0.15, 0.2) is 77.6 Å². The number of amides is 1. The SMILES string of the molecule is Cn1c(NC(=O)c2ccccc2F)c(-c2ccc(Cl)cc2)c(=O)c2ccccc21. The molecule has 1 heterocycles. The van der Waals surface area contributed by atoms with Gasteiger partial charge in [0.1, 0.15) is 11.6 Å². The van der Waals surface area contributed by atoms with E-state index < -0.39 is 11.7 Å². The van der Waals surface area contributed by atoms with Crippen molar-refractivity contribution >= 4 is 34.2 Å². The number of anilines is 1. The quantitative estimate of drug-likeness (QED) is 0.505. The maximum absolute atomic E-state index is 14.1. The van der Waals surface area contributed by atoms with Gasteiger partial charge in [-0.1, -0.05) is 48.0 Å². The van der Waals surface area contributed by atoms with E-state index >= 15 is 0 Å². The summed E-state index contributed by atoms with van der Waals surface area (Å²) in [5.41, 5.74) is 1.23. The van der Waals surface area contributed by atoms with Gasteiger partial charge in [0, 0.05) is 17.5 Å². The van der Waals surface area contributed by atoms with Gasteiger partial charge < -0.3 is 9.88 Å². The molecule has 0 saturated heterocycles. The van der Waals surface area contributed by atoms with E-state index in [4.69, 9.17) is 11.6 Å². The highest BCUT2D eigenvalue weighted by molar-refractivity contribution is 6.30. The van der Waals surface area contributed by atoms with Gasteiger partial charge in [0.2, 0.25) is 0 Å². The molecule has 0 atom stereocenters. The lowest BCUT2D eigenvalue weighted by atomic mass is 10.0. The number of hydrogen-bond donors (Lipinski definition) is 1. The summed E-state index contributed by atoms with van der Waals surface area (Å²) < 4.78 is 15.8. The third-order valence-corrected chi connectivity index (χ3v) is 5.04. The Kier molecular flexibility index (Phi) is 4.91. The molecule has 0 spiro atoms. The Morgan fingerprint density at radius 2 is 1.62 bits per heavy atom. The van der Waals surface area contributed by atoms with Gasteiger partial charge in [0.25, 0.3) is 5.91 Å². The number of halogens is 2. The van der Waals surface area contributed by atoms with Gasteiger partial charge in [-0.05, 0) is 42.0 Å². The van der Waals surface area contributed by atoms with Crippen molar-refractivity contribution in [2.75, 3.05) is 5.32 Å². The molecule has 0 aliphatic carbocycles. The second kappa shape index (κ2) is 7.53. The molecule has 4 rings (SSSR count). The van der Waals surface area contributed by atoms with Crippen LogP contribution in [0, 0.1) is 5.82 Å². The van der Waals surface area contributed by atoms with E-state index in [0.29, 0.717) is 27.1 Å². The number of aromatic nitrogens is 1. The molecule has 0 aliphatic heterocycles. The average Bonchev–Trinajstić information content (AvgIpc) is 2.73. The van der Waals surface area contributed by atoms with Gasteiger partial charge in [-0.25, -0.2) is 4.39 Å². The zero-order valence-electron chi connectivity index (χ0n) is 15.4. The average molecular weight is 407 g/mol. The molecule has 3 aromatic carbocycles. The molecule has 4 aromatic rings. The molecule has 144 valence electrons. The van der Waals surface area contributed by atoms with Gasteiger partial charge in [-0.2, -0.15) is 0 Å². The smallest absolute Gasteiger partial charge is 0.259 e. The number of aryl methyl sites for hydroxylation is 1. The number of rotatable bonds is 3. The fourth-order valence-electron chi connectivity index (χ4n) is 3.34. The van der Waals surface area contributed by atoms with Crippen molar-refractivity contribution in [1.82, 2.24) is 4.57 Å². The molecular weight excluding hydrogens is 391 g/mol. The van der Waals surface area contributed by atoms with Crippen molar-refractivity contribution in [2.24, 2.45) is 7.05 Å². The summed E-state index contributed by atoms with van der Waals surface area (Å²) in [6, 6.07) is 19.6. The second-order valence-electron chi connectivity index (χ2n) is 6.57. The van der Waals surface area contributed by atoms with Crippen LogP contribution in [0.5, 0.6) is 0 Å². The van der Waals surface area contributed by atoms with Crippen LogP contribution in [-0.2, 0) is 7.05 Å². The number of carbonyl (C=O) groups is 1. The van der Waals surface area contributed by atoms with Crippen molar-refractivity contribution < 1.29 is 9.18 Å². The molecule has 0 aliphatic rings. The topological polar surface area (TPSA) is 51.1 Å². The standard InChI is InChI=1S/C23H16ClFN2O2/c1-27-19-9-5-3-7-17(19)21(28)20(14-10-12-15(24)13-11-14)22(27)26-23(29)16-6-2-4-8-18(16)25/h2-13H,1H3,(H,26,29). The van der Waals surface area contributed by atoms with Gasteiger partial charge in [0.05, 0.1) is 16.6 Å². The fraction of sp³-hybridized carbons (Fsp3) is 0.0435. The molecule has 1 N–H and O–H groups in total. The van der Waals surface area contributed by atoms with Gasteiger partial charge >= 0.3 is 0 Å². The predicted octanol–water partition coefficient (Wildman–Crippen LogP) is 5.25. The minimum atomic E-state index is -0.636. The van der Waals surface area contributed by atoms with Crippen molar-refractivity contribution in [1.29, 1.82) is 0 Å². The van der Waals surface area contributed by atoms with E-state index in [1.807, 2.05) is 6.07 Å². The largest absolute Gasteiger partial charge is 0.330 e. The molecular formula is C23H16ClFN2O2. The van der Waals surface area contributed by atoms with Crippen LogP contribution in [0.1, 0.15) is 10.4 Å². The Morgan fingerprint density at radius 3 is 2.34 bits per heavy atom. The maximum atomic E-state index is 14.1. The highest BCUT2D eigenvalue weighted by Crippen LogP contribution is 2.29. The molecule has 6 heteroatoms. The lowest BCUT2D eigenvalue weighted by Crippen LogP contribution is -2.22. The lowest BCUT2D eigenvalue weighted by Gasteiger charge is -2.18. The molecule has 1 amide bonds. The second-order valence-corrected chi connectivity index (χ2v) is 7.01. The van der Waals surface area contributed by atoms with E-state index in [2.05, 4.69) is 5.32 Å². The Labute approximate surface area is 171 Å². The van der Waals surface area contributed by atoms with Crippen LogP contribution >= 0.6 is 11.6 Å². The van der Waals surface area contributed by atoms with Gasteiger partial charge in [-0.15, -0.1) is 0 Å². The Morgan fingerprint density at radius 1 is 0.966 bits per heavy atom. The molecule has 1 aromatic heterocycles.